The molecule has 3 rings (SSSR count). The number of hydrogen-bond donors (Lipinski definition) is 1. The van der Waals surface area contributed by atoms with Gasteiger partial charge in [0, 0.05) is 37.3 Å². The lowest BCUT2D eigenvalue weighted by molar-refractivity contribution is -0.117. The third-order valence-corrected chi connectivity index (χ3v) is 3.91. The van der Waals surface area contributed by atoms with Crippen molar-refractivity contribution >= 4 is 17.4 Å². The average Bonchev–Trinajstić information content (AvgIpc) is 2.90. The number of carbonyl (C=O) groups is 1. The lowest BCUT2D eigenvalue weighted by atomic mass is 10.1. The van der Waals surface area contributed by atoms with Crippen LogP contribution in [0.25, 0.3) is 0 Å². The van der Waals surface area contributed by atoms with Gasteiger partial charge in [-0.15, -0.1) is 0 Å². The summed E-state index contributed by atoms with van der Waals surface area (Å²) in [5.41, 5.74) is 2.75. The molecule has 1 unspecified atom stereocenters. The molecule has 0 radical (unpaired) electrons. The minimum absolute atomic E-state index is 0.185. The molecule has 1 amide bonds. The maximum Gasteiger partial charge on any atom is 0.227 e. The molecule has 114 valence electrons. The lowest BCUT2D eigenvalue weighted by Crippen LogP contribution is -2.25. The molecule has 1 saturated heterocycles. The molecule has 1 aromatic heterocycles. The van der Waals surface area contributed by atoms with Gasteiger partial charge in [0.05, 0.1) is 11.4 Å². The molecule has 0 saturated carbocycles. The normalized spacial score (nSPS) is 17.8. The Morgan fingerprint density at radius 2 is 2.05 bits per heavy atom. The van der Waals surface area contributed by atoms with E-state index in [4.69, 9.17) is 0 Å². The molecule has 2 aromatic rings. The first kappa shape index (κ1) is 14.5. The molecule has 22 heavy (non-hydrogen) atoms. The number of hydrogen-bond acceptors (Lipinski definition) is 4. The van der Waals surface area contributed by atoms with Crippen LogP contribution in [0.5, 0.6) is 0 Å². The topological polar surface area (TPSA) is 58.1 Å². The van der Waals surface area contributed by atoms with E-state index >= 15 is 0 Å². The van der Waals surface area contributed by atoms with Gasteiger partial charge in [-0.3, -0.25) is 9.78 Å². The highest BCUT2D eigenvalue weighted by molar-refractivity contribution is 5.95. The van der Waals surface area contributed by atoms with Gasteiger partial charge in [0.15, 0.2) is 0 Å². The van der Waals surface area contributed by atoms with Crippen LogP contribution >= 0.6 is 0 Å². The second-order valence-corrected chi connectivity index (χ2v) is 5.74. The standard InChI is InChI=1S/C17H20N4O/c1-12-9-18-13(2)17(20-12)19-10-14-8-16(22)21(11-14)15-6-4-3-5-7-15/h3-7,9,14H,8,10-11H2,1-2H3,(H,19,20). The Hall–Kier alpha value is -2.43. The van der Waals surface area contributed by atoms with E-state index in [-0.39, 0.29) is 11.8 Å². The van der Waals surface area contributed by atoms with Crippen LogP contribution in [0.2, 0.25) is 0 Å². The zero-order chi connectivity index (χ0) is 15.5. The van der Waals surface area contributed by atoms with E-state index in [1.54, 1.807) is 6.20 Å². The molecule has 5 heteroatoms. The van der Waals surface area contributed by atoms with Gasteiger partial charge in [-0.05, 0) is 26.0 Å². The Morgan fingerprint density at radius 3 is 2.82 bits per heavy atom. The smallest absolute Gasteiger partial charge is 0.227 e. The highest BCUT2D eigenvalue weighted by Gasteiger charge is 2.30. The van der Waals surface area contributed by atoms with E-state index in [1.165, 1.54) is 0 Å². The van der Waals surface area contributed by atoms with Gasteiger partial charge in [0.2, 0.25) is 5.91 Å². The zero-order valence-corrected chi connectivity index (χ0v) is 12.9. The summed E-state index contributed by atoms with van der Waals surface area (Å²) in [6.07, 6.45) is 2.33. The summed E-state index contributed by atoms with van der Waals surface area (Å²) in [6, 6.07) is 9.83. The minimum atomic E-state index is 0.185. The predicted molar refractivity (Wildman–Crippen MR) is 86.9 cm³/mol. The van der Waals surface area contributed by atoms with Crippen molar-refractivity contribution in [1.29, 1.82) is 0 Å². The van der Waals surface area contributed by atoms with E-state index in [1.807, 2.05) is 49.1 Å². The summed E-state index contributed by atoms with van der Waals surface area (Å²) >= 11 is 0. The van der Waals surface area contributed by atoms with Gasteiger partial charge in [-0.25, -0.2) is 4.98 Å². The first-order chi connectivity index (χ1) is 10.6. The van der Waals surface area contributed by atoms with Crippen LogP contribution < -0.4 is 10.2 Å². The van der Waals surface area contributed by atoms with E-state index in [0.29, 0.717) is 6.42 Å². The highest BCUT2D eigenvalue weighted by atomic mass is 16.2. The molecule has 1 aromatic carbocycles. The number of benzene rings is 1. The van der Waals surface area contributed by atoms with Crippen molar-refractivity contribution in [3.8, 4) is 0 Å². The van der Waals surface area contributed by atoms with E-state index in [2.05, 4.69) is 15.3 Å². The Morgan fingerprint density at radius 1 is 1.27 bits per heavy atom. The largest absolute Gasteiger partial charge is 0.368 e. The van der Waals surface area contributed by atoms with Gasteiger partial charge >= 0.3 is 0 Å². The molecule has 5 nitrogen and oxygen atoms in total. The van der Waals surface area contributed by atoms with Crippen LogP contribution in [0.4, 0.5) is 11.5 Å². The molecule has 0 aliphatic carbocycles. The van der Waals surface area contributed by atoms with Gasteiger partial charge in [0.25, 0.3) is 0 Å². The fraction of sp³-hybridized carbons (Fsp3) is 0.353. The summed E-state index contributed by atoms with van der Waals surface area (Å²) in [6.45, 7) is 5.33. The van der Waals surface area contributed by atoms with Crippen molar-refractivity contribution in [1.82, 2.24) is 9.97 Å². The van der Waals surface area contributed by atoms with E-state index in [0.717, 1.165) is 36.0 Å². The number of anilines is 2. The van der Waals surface area contributed by atoms with Crippen molar-refractivity contribution < 1.29 is 4.79 Å². The molecule has 1 aliphatic rings. The Balaban J connectivity index is 1.63. The number of para-hydroxylation sites is 1. The molecular weight excluding hydrogens is 276 g/mol. The fourth-order valence-corrected chi connectivity index (χ4v) is 2.72. The molecule has 2 heterocycles. The van der Waals surface area contributed by atoms with Gasteiger partial charge < -0.3 is 10.2 Å². The van der Waals surface area contributed by atoms with Crippen molar-refractivity contribution in [2.45, 2.75) is 20.3 Å². The van der Waals surface area contributed by atoms with Crippen LogP contribution in [-0.4, -0.2) is 29.0 Å². The number of rotatable bonds is 4. The van der Waals surface area contributed by atoms with Crippen LogP contribution in [0.1, 0.15) is 17.8 Å². The van der Waals surface area contributed by atoms with E-state index in [9.17, 15) is 4.79 Å². The molecule has 1 atom stereocenters. The third kappa shape index (κ3) is 3.08. The summed E-state index contributed by atoms with van der Waals surface area (Å²) in [7, 11) is 0. The second kappa shape index (κ2) is 6.13. The second-order valence-electron chi connectivity index (χ2n) is 5.74. The third-order valence-electron chi connectivity index (χ3n) is 3.91. The Labute approximate surface area is 130 Å². The van der Waals surface area contributed by atoms with Gasteiger partial charge in [-0.1, -0.05) is 18.2 Å². The minimum Gasteiger partial charge on any atom is -0.368 e. The van der Waals surface area contributed by atoms with Gasteiger partial charge in [0.1, 0.15) is 5.82 Å². The summed E-state index contributed by atoms with van der Waals surface area (Å²) in [5, 5.41) is 3.34. The molecule has 1 aliphatic heterocycles. The van der Waals surface area contributed by atoms with E-state index < -0.39 is 0 Å². The molecule has 0 spiro atoms. The number of aromatic nitrogens is 2. The fourth-order valence-electron chi connectivity index (χ4n) is 2.72. The van der Waals surface area contributed by atoms with Crippen LogP contribution in [0.15, 0.2) is 36.5 Å². The Bertz CT molecular complexity index is 672. The summed E-state index contributed by atoms with van der Waals surface area (Å²) in [4.78, 5) is 22.8. The highest BCUT2D eigenvalue weighted by Crippen LogP contribution is 2.25. The summed E-state index contributed by atoms with van der Waals surface area (Å²) in [5.74, 6) is 1.28. The zero-order valence-electron chi connectivity index (χ0n) is 12.9. The maximum absolute atomic E-state index is 12.2. The maximum atomic E-state index is 12.2. The molecule has 1 N–H and O–H groups in total. The summed E-state index contributed by atoms with van der Waals surface area (Å²) < 4.78 is 0. The Kier molecular flexibility index (Phi) is 4.04. The molecule has 1 fully saturated rings. The first-order valence-corrected chi connectivity index (χ1v) is 7.53. The number of nitrogens with zero attached hydrogens (tertiary/aromatic N) is 3. The number of aryl methyl sites for hydroxylation is 2. The quantitative estimate of drug-likeness (QED) is 0.942. The lowest BCUT2D eigenvalue weighted by Gasteiger charge is -2.17. The average molecular weight is 296 g/mol. The van der Waals surface area contributed by atoms with Crippen molar-refractivity contribution in [3.05, 3.63) is 47.9 Å². The predicted octanol–water partition coefficient (Wildman–Crippen LogP) is 2.56. The molecular formula is C17H20N4O. The van der Waals surface area contributed by atoms with Crippen molar-refractivity contribution in [2.24, 2.45) is 5.92 Å². The van der Waals surface area contributed by atoms with Crippen molar-refractivity contribution in [3.63, 3.8) is 0 Å². The van der Waals surface area contributed by atoms with Crippen LogP contribution in [0, 0.1) is 19.8 Å². The number of amides is 1. The monoisotopic (exact) mass is 296 g/mol. The van der Waals surface area contributed by atoms with Crippen LogP contribution in [-0.2, 0) is 4.79 Å². The number of carbonyl (C=O) groups excluding carboxylic acids is 1. The SMILES string of the molecule is Cc1cnc(C)c(NCC2CC(=O)N(c3ccccc3)C2)n1. The van der Waals surface area contributed by atoms with Crippen molar-refractivity contribution in [2.75, 3.05) is 23.3 Å². The molecule has 0 bridgehead atoms. The number of nitrogens with one attached hydrogen (secondary N) is 1. The first-order valence-electron chi connectivity index (χ1n) is 7.53. The van der Waals surface area contributed by atoms with Crippen LogP contribution in [0.3, 0.4) is 0 Å². The van der Waals surface area contributed by atoms with Gasteiger partial charge in [-0.2, -0.15) is 0 Å².